The van der Waals surface area contributed by atoms with E-state index in [1.165, 1.54) is 7.05 Å². The summed E-state index contributed by atoms with van der Waals surface area (Å²) in [5.41, 5.74) is 1.97. The molecule has 0 fully saturated rings. The zero-order chi connectivity index (χ0) is 18.7. The molecule has 0 radical (unpaired) electrons. The number of allylic oxidation sites excluding steroid dienone is 1. The van der Waals surface area contributed by atoms with Crippen LogP contribution in [0.2, 0.25) is 0 Å². The van der Waals surface area contributed by atoms with Gasteiger partial charge < -0.3 is 10.6 Å². The summed E-state index contributed by atoms with van der Waals surface area (Å²) >= 11 is 0. The van der Waals surface area contributed by atoms with Crippen molar-refractivity contribution >= 4 is 5.69 Å². The standard InChI is InChI=1S/C13H14F7N4/c1-23-5-10(13(18,19)20)24(2,22)11(23)6-3-7(12(15,16)17)8(14)4-9(6)21/h3-5,11H,21-22H2,1-2H3/q+1. The van der Waals surface area contributed by atoms with Gasteiger partial charge in [-0.15, -0.1) is 0 Å². The van der Waals surface area contributed by atoms with Crippen LogP contribution in [0.25, 0.3) is 0 Å². The van der Waals surface area contributed by atoms with E-state index in [0.717, 1.165) is 11.9 Å². The van der Waals surface area contributed by atoms with E-state index in [9.17, 15) is 30.7 Å². The topological polar surface area (TPSA) is 55.3 Å². The first-order valence-corrected chi connectivity index (χ1v) is 6.49. The molecule has 1 aliphatic rings. The van der Waals surface area contributed by atoms with Crippen molar-refractivity contribution in [3.63, 3.8) is 0 Å². The van der Waals surface area contributed by atoms with Crippen molar-refractivity contribution in [3.05, 3.63) is 41.0 Å². The van der Waals surface area contributed by atoms with Crippen LogP contribution in [0.5, 0.6) is 0 Å². The van der Waals surface area contributed by atoms with Crippen molar-refractivity contribution in [2.75, 3.05) is 19.8 Å². The monoisotopic (exact) mass is 359 g/mol. The second kappa shape index (κ2) is 5.24. The molecule has 0 spiro atoms. The van der Waals surface area contributed by atoms with Gasteiger partial charge in [0.15, 0.2) is 0 Å². The Morgan fingerprint density at radius 2 is 1.62 bits per heavy atom. The second-order valence-corrected chi connectivity index (χ2v) is 5.66. The molecule has 1 aromatic carbocycles. The number of hydrogen-bond donors (Lipinski definition) is 2. The van der Waals surface area contributed by atoms with Crippen LogP contribution in [0.15, 0.2) is 24.0 Å². The summed E-state index contributed by atoms with van der Waals surface area (Å²) in [7, 11) is 2.19. The van der Waals surface area contributed by atoms with E-state index in [-0.39, 0.29) is 5.56 Å². The Morgan fingerprint density at radius 1 is 1.08 bits per heavy atom. The molecule has 1 aliphatic heterocycles. The van der Waals surface area contributed by atoms with Crippen LogP contribution in [0.4, 0.5) is 36.4 Å². The molecule has 0 saturated carbocycles. The summed E-state index contributed by atoms with van der Waals surface area (Å²) < 4.78 is 90.1. The second-order valence-electron chi connectivity index (χ2n) is 5.66. The maximum Gasteiger partial charge on any atom is 0.470 e. The summed E-state index contributed by atoms with van der Waals surface area (Å²) in [4.78, 5) is 0.993. The predicted molar refractivity (Wildman–Crippen MR) is 70.8 cm³/mol. The van der Waals surface area contributed by atoms with Crippen LogP contribution in [0.1, 0.15) is 17.3 Å². The lowest BCUT2D eigenvalue weighted by Gasteiger charge is -2.35. The number of nitrogen functional groups attached to an aromatic ring is 1. The van der Waals surface area contributed by atoms with E-state index in [1.807, 2.05) is 0 Å². The number of nitrogens with two attached hydrogens (primary N) is 2. The number of benzene rings is 1. The van der Waals surface area contributed by atoms with Crippen molar-refractivity contribution in [2.45, 2.75) is 18.5 Å². The molecule has 134 valence electrons. The van der Waals surface area contributed by atoms with Gasteiger partial charge >= 0.3 is 12.4 Å². The van der Waals surface area contributed by atoms with Crippen molar-refractivity contribution in [1.82, 2.24) is 4.90 Å². The normalized spacial score (nSPS) is 25.2. The Balaban J connectivity index is 2.61. The van der Waals surface area contributed by atoms with E-state index >= 15 is 0 Å². The smallest absolute Gasteiger partial charge is 0.398 e. The molecule has 4 nitrogen and oxygen atoms in total. The van der Waals surface area contributed by atoms with E-state index in [1.54, 1.807) is 0 Å². The first kappa shape index (κ1) is 18.3. The molecule has 24 heavy (non-hydrogen) atoms. The number of hydrogen-bond acceptors (Lipinski definition) is 3. The SMILES string of the molecule is CN1C=C(C(F)(F)F)[N+](C)(N)C1c1cc(C(F)(F)F)c(F)cc1N. The van der Waals surface area contributed by atoms with Crippen LogP contribution in [-0.4, -0.2) is 29.8 Å². The fourth-order valence-corrected chi connectivity index (χ4v) is 2.80. The van der Waals surface area contributed by atoms with Gasteiger partial charge in [0.25, 0.3) is 5.70 Å². The van der Waals surface area contributed by atoms with Crippen LogP contribution < -0.4 is 11.6 Å². The highest BCUT2D eigenvalue weighted by Gasteiger charge is 2.56. The lowest BCUT2D eigenvalue weighted by atomic mass is 10.0. The maximum atomic E-state index is 13.5. The molecule has 1 heterocycles. The zero-order valence-electron chi connectivity index (χ0n) is 12.5. The third-order valence-electron chi connectivity index (χ3n) is 3.79. The minimum Gasteiger partial charge on any atom is -0.398 e. The molecule has 0 aromatic heterocycles. The lowest BCUT2D eigenvalue weighted by molar-refractivity contribution is -0.925. The molecular formula is C13H14F7N4+. The van der Waals surface area contributed by atoms with Crippen molar-refractivity contribution in [1.29, 1.82) is 0 Å². The Hall–Kier alpha value is -2.01. The summed E-state index contributed by atoms with van der Waals surface area (Å²) in [5.74, 6) is 4.11. The van der Waals surface area contributed by atoms with Crippen molar-refractivity contribution in [3.8, 4) is 0 Å². The number of rotatable bonds is 1. The molecule has 4 N–H and O–H groups in total. The summed E-state index contributed by atoms with van der Waals surface area (Å²) in [6, 6.07) is 0.819. The van der Waals surface area contributed by atoms with E-state index in [0.29, 0.717) is 18.3 Å². The van der Waals surface area contributed by atoms with Crippen molar-refractivity contribution in [2.24, 2.45) is 5.84 Å². The van der Waals surface area contributed by atoms with Gasteiger partial charge in [0.2, 0.25) is 6.17 Å². The van der Waals surface area contributed by atoms with Crippen molar-refractivity contribution < 1.29 is 35.3 Å². The van der Waals surface area contributed by atoms with Gasteiger partial charge in [0, 0.05) is 12.7 Å². The van der Waals surface area contributed by atoms with Crippen LogP contribution in [-0.2, 0) is 6.18 Å². The lowest BCUT2D eigenvalue weighted by Crippen LogP contribution is -2.55. The highest BCUT2D eigenvalue weighted by molar-refractivity contribution is 5.51. The van der Waals surface area contributed by atoms with Gasteiger partial charge in [-0.2, -0.15) is 36.8 Å². The number of quaternary nitrogens is 1. The Labute approximate surface area is 132 Å². The molecule has 0 amide bonds. The number of halogens is 7. The zero-order valence-corrected chi connectivity index (χ0v) is 12.5. The third kappa shape index (κ3) is 2.88. The Bertz CT molecular complexity index is 691. The molecule has 2 atom stereocenters. The van der Waals surface area contributed by atoms with Crippen LogP contribution >= 0.6 is 0 Å². The van der Waals surface area contributed by atoms with Gasteiger partial charge in [-0.05, 0) is 12.1 Å². The average Bonchev–Trinajstić information content (AvgIpc) is 2.59. The van der Waals surface area contributed by atoms with Crippen LogP contribution in [0.3, 0.4) is 0 Å². The average molecular weight is 359 g/mol. The molecule has 1 aromatic rings. The minimum atomic E-state index is -5.03. The van der Waals surface area contributed by atoms with E-state index < -0.39 is 45.9 Å². The molecule has 0 saturated heterocycles. The molecular weight excluding hydrogens is 345 g/mol. The Kier molecular flexibility index (Phi) is 4.01. The van der Waals surface area contributed by atoms with Gasteiger partial charge in [-0.25, -0.2) is 4.39 Å². The van der Waals surface area contributed by atoms with Gasteiger partial charge in [0.1, 0.15) is 5.82 Å². The highest BCUT2D eigenvalue weighted by Crippen LogP contribution is 2.46. The quantitative estimate of drug-likeness (QED) is 0.351. The minimum absolute atomic E-state index is 0.355. The number of nitrogens with zero attached hydrogens (tertiary/aromatic N) is 2. The molecule has 2 unspecified atom stereocenters. The van der Waals surface area contributed by atoms with Gasteiger partial charge in [-0.1, -0.05) is 0 Å². The van der Waals surface area contributed by atoms with Gasteiger partial charge in [-0.3, -0.25) is 0 Å². The van der Waals surface area contributed by atoms with E-state index in [2.05, 4.69) is 0 Å². The molecule has 2 rings (SSSR count). The fourth-order valence-electron chi connectivity index (χ4n) is 2.80. The molecule has 11 heteroatoms. The Morgan fingerprint density at radius 3 is 2.04 bits per heavy atom. The molecule has 0 bridgehead atoms. The fraction of sp³-hybridized carbons (Fsp3) is 0.385. The summed E-state index contributed by atoms with van der Waals surface area (Å²) in [6.07, 6.45) is -10.5. The van der Waals surface area contributed by atoms with E-state index in [4.69, 9.17) is 11.6 Å². The van der Waals surface area contributed by atoms with Crippen LogP contribution in [0, 0.1) is 5.82 Å². The highest BCUT2D eigenvalue weighted by atomic mass is 19.4. The maximum absolute atomic E-state index is 13.5. The summed E-state index contributed by atoms with van der Waals surface area (Å²) in [5, 5.41) is 0. The first-order chi connectivity index (χ1) is 10.7. The predicted octanol–water partition coefficient (Wildman–Crippen LogP) is 3.09. The number of alkyl halides is 6. The summed E-state index contributed by atoms with van der Waals surface area (Å²) in [6.45, 7) is 0. The number of anilines is 1. The molecule has 0 aliphatic carbocycles. The third-order valence-corrected chi connectivity index (χ3v) is 3.79. The van der Waals surface area contributed by atoms with Gasteiger partial charge in [0.05, 0.1) is 24.4 Å². The first-order valence-electron chi connectivity index (χ1n) is 6.49. The largest absolute Gasteiger partial charge is 0.470 e.